The largest absolute Gasteiger partial charge is 0.396 e. The van der Waals surface area contributed by atoms with Gasteiger partial charge in [-0.1, -0.05) is 13.8 Å². The van der Waals surface area contributed by atoms with Crippen LogP contribution in [0.2, 0.25) is 0 Å². The van der Waals surface area contributed by atoms with Crippen molar-refractivity contribution >= 4 is 21.8 Å². The number of carbonyl (C=O) groups is 1. The topological polar surface area (TPSA) is 62.2 Å². The number of nitrogens with zero attached hydrogens (tertiary/aromatic N) is 1. The van der Waals surface area contributed by atoms with Crippen LogP contribution in [-0.2, 0) is 0 Å². The number of carbonyl (C=O) groups excluding carboxylic acids is 1. The zero-order chi connectivity index (χ0) is 13.6. The smallest absolute Gasteiger partial charge is 0.269 e. The van der Waals surface area contributed by atoms with E-state index >= 15 is 0 Å². The number of rotatable bonds is 6. The molecule has 0 atom stereocenters. The first kappa shape index (κ1) is 15.1. The summed E-state index contributed by atoms with van der Waals surface area (Å²) in [5, 5.41) is 11.7. The molecule has 0 aromatic carbocycles. The maximum atomic E-state index is 11.8. The maximum Gasteiger partial charge on any atom is 0.269 e. The number of hydrogen-bond acceptors (Lipinski definition) is 3. The molecule has 100 valence electrons. The highest BCUT2D eigenvalue weighted by molar-refractivity contribution is 9.10. The number of nitrogens with one attached hydrogen (secondary N) is 1. The first-order valence-electron chi connectivity index (χ1n) is 5.95. The van der Waals surface area contributed by atoms with Crippen molar-refractivity contribution in [2.45, 2.75) is 26.7 Å². The van der Waals surface area contributed by atoms with Crippen molar-refractivity contribution in [2.24, 2.45) is 5.41 Å². The second-order valence-corrected chi connectivity index (χ2v) is 5.95. The monoisotopic (exact) mass is 314 g/mol. The Morgan fingerprint density at radius 3 is 2.78 bits per heavy atom. The minimum Gasteiger partial charge on any atom is -0.396 e. The fraction of sp³-hybridized carbons (Fsp3) is 0.538. The number of aliphatic hydroxyl groups excluding tert-OH is 1. The lowest BCUT2D eigenvalue weighted by molar-refractivity contribution is 0.0928. The van der Waals surface area contributed by atoms with E-state index in [4.69, 9.17) is 5.11 Å². The van der Waals surface area contributed by atoms with E-state index in [1.54, 1.807) is 18.3 Å². The second kappa shape index (κ2) is 6.85. The van der Waals surface area contributed by atoms with E-state index in [9.17, 15) is 4.79 Å². The van der Waals surface area contributed by atoms with Gasteiger partial charge in [0.25, 0.3) is 5.91 Å². The molecule has 1 aromatic heterocycles. The van der Waals surface area contributed by atoms with Gasteiger partial charge in [-0.3, -0.25) is 4.79 Å². The van der Waals surface area contributed by atoms with Gasteiger partial charge in [0.05, 0.1) is 0 Å². The Kier molecular flexibility index (Phi) is 5.75. The van der Waals surface area contributed by atoms with E-state index in [0.717, 1.165) is 17.3 Å². The minimum absolute atomic E-state index is 0.0201. The predicted molar refractivity (Wildman–Crippen MR) is 74.4 cm³/mol. The van der Waals surface area contributed by atoms with Crippen LogP contribution in [-0.4, -0.2) is 29.1 Å². The highest BCUT2D eigenvalue weighted by atomic mass is 79.9. The standard InChI is InChI=1S/C13H19BrN2O2/c1-13(2,6-3-7-17)9-16-12(18)11-5-4-10(14)8-15-11/h4-5,8,17H,3,6-7,9H2,1-2H3,(H,16,18). The molecule has 0 unspecified atom stereocenters. The molecule has 2 N–H and O–H groups in total. The summed E-state index contributed by atoms with van der Waals surface area (Å²) in [5.74, 6) is -0.167. The molecule has 0 saturated heterocycles. The highest BCUT2D eigenvalue weighted by Gasteiger charge is 2.19. The average Bonchev–Trinajstić information content (AvgIpc) is 2.35. The molecule has 0 radical (unpaired) electrons. The molecule has 1 rings (SSSR count). The Morgan fingerprint density at radius 1 is 1.50 bits per heavy atom. The molecule has 0 aliphatic heterocycles. The van der Waals surface area contributed by atoms with Gasteiger partial charge >= 0.3 is 0 Å². The lowest BCUT2D eigenvalue weighted by Gasteiger charge is -2.24. The van der Waals surface area contributed by atoms with Gasteiger partial charge in [-0.15, -0.1) is 0 Å². The lowest BCUT2D eigenvalue weighted by atomic mass is 9.88. The van der Waals surface area contributed by atoms with Crippen LogP contribution in [0.25, 0.3) is 0 Å². The maximum absolute atomic E-state index is 11.8. The van der Waals surface area contributed by atoms with Crippen molar-refractivity contribution in [1.29, 1.82) is 0 Å². The van der Waals surface area contributed by atoms with Crippen molar-refractivity contribution < 1.29 is 9.90 Å². The summed E-state index contributed by atoms with van der Waals surface area (Å²) in [6.45, 7) is 4.89. The van der Waals surface area contributed by atoms with Crippen LogP contribution >= 0.6 is 15.9 Å². The van der Waals surface area contributed by atoms with Gasteiger partial charge in [0, 0.05) is 23.8 Å². The van der Waals surface area contributed by atoms with Crippen LogP contribution in [0, 0.1) is 5.41 Å². The number of amides is 1. The summed E-state index contributed by atoms with van der Waals surface area (Å²) < 4.78 is 0.849. The molecule has 18 heavy (non-hydrogen) atoms. The molecular weight excluding hydrogens is 296 g/mol. The number of aliphatic hydroxyl groups is 1. The molecule has 1 amide bonds. The molecule has 1 heterocycles. The fourth-order valence-electron chi connectivity index (χ4n) is 1.57. The molecule has 4 nitrogen and oxygen atoms in total. The zero-order valence-electron chi connectivity index (χ0n) is 10.7. The predicted octanol–water partition coefficient (Wildman–Crippen LogP) is 2.37. The van der Waals surface area contributed by atoms with Gasteiger partial charge in [-0.25, -0.2) is 4.98 Å². The van der Waals surface area contributed by atoms with Crippen LogP contribution in [0.4, 0.5) is 0 Å². The second-order valence-electron chi connectivity index (χ2n) is 5.04. The molecule has 0 aliphatic carbocycles. The summed E-state index contributed by atoms with van der Waals surface area (Å²) in [6.07, 6.45) is 3.22. The summed E-state index contributed by atoms with van der Waals surface area (Å²) in [5.41, 5.74) is 0.393. The molecular formula is C13H19BrN2O2. The van der Waals surface area contributed by atoms with Gasteiger partial charge in [0.1, 0.15) is 5.69 Å². The third-order valence-corrected chi connectivity index (χ3v) is 3.17. The van der Waals surface area contributed by atoms with E-state index in [-0.39, 0.29) is 17.9 Å². The Labute approximate surface area is 116 Å². The first-order chi connectivity index (χ1) is 8.44. The summed E-state index contributed by atoms with van der Waals surface area (Å²) in [4.78, 5) is 15.9. The van der Waals surface area contributed by atoms with Crippen LogP contribution < -0.4 is 5.32 Å². The lowest BCUT2D eigenvalue weighted by Crippen LogP contribution is -2.34. The van der Waals surface area contributed by atoms with E-state index in [0.29, 0.717) is 12.2 Å². The van der Waals surface area contributed by atoms with Gasteiger partial charge in [0.15, 0.2) is 0 Å². The Morgan fingerprint density at radius 2 is 2.22 bits per heavy atom. The van der Waals surface area contributed by atoms with Crippen LogP contribution in [0.1, 0.15) is 37.2 Å². The molecule has 0 spiro atoms. The number of pyridine rings is 1. The van der Waals surface area contributed by atoms with Crippen molar-refractivity contribution in [1.82, 2.24) is 10.3 Å². The van der Waals surface area contributed by atoms with Crippen molar-refractivity contribution in [3.8, 4) is 0 Å². The normalized spacial score (nSPS) is 11.3. The van der Waals surface area contributed by atoms with Crippen LogP contribution in [0.5, 0.6) is 0 Å². The van der Waals surface area contributed by atoms with Gasteiger partial charge in [-0.05, 0) is 46.3 Å². The van der Waals surface area contributed by atoms with Gasteiger partial charge in [-0.2, -0.15) is 0 Å². The quantitative estimate of drug-likeness (QED) is 0.847. The molecule has 0 aliphatic rings. The van der Waals surface area contributed by atoms with Crippen LogP contribution in [0.15, 0.2) is 22.8 Å². The molecule has 0 saturated carbocycles. The third kappa shape index (κ3) is 5.14. The summed E-state index contributed by atoms with van der Waals surface area (Å²) >= 11 is 3.28. The van der Waals surface area contributed by atoms with Crippen molar-refractivity contribution in [2.75, 3.05) is 13.2 Å². The SMILES string of the molecule is CC(C)(CCCO)CNC(=O)c1ccc(Br)cn1. The van der Waals surface area contributed by atoms with E-state index in [1.807, 2.05) is 0 Å². The van der Waals surface area contributed by atoms with Crippen LogP contribution in [0.3, 0.4) is 0 Å². The number of hydrogen-bond donors (Lipinski definition) is 2. The van der Waals surface area contributed by atoms with E-state index < -0.39 is 0 Å². The van der Waals surface area contributed by atoms with Crippen molar-refractivity contribution in [3.63, 3.8) is 0 Å². The summed E-state index contributed by atoms with van der Waals surface area (Å²) in [6, 6.07) is 3.47. The Hall–Kier alpha value is -0.940. The number of halogens is 1. The molecule has 0 fully saturated rings. The molecule has 5 heteroatoms. The van der Waals surface area contributed by atoms with Crippen molar-refractivity contribution in [3.05, 3.63) is 28.5 Å². The summed E-state index contributed by atoms with van der Waals surface area (Å²) in [7, 11) is 0. The van der Waals surface area contributed by atoms with Gasteiger partial charge < -0.3 is 10.4 Å². The Balaban J connectivity index is 2.48. The third-order valence-electron chi connectivity index (χ3n) is 2.70. The van der Waals surface area contributed by atoms with Gasteiger partial charge in [0.2, 0.25) is 0 Å². The number of aromatic nitrogens is 1. The zero-order valence-corrected chi connectivity index (χ0v) is 12.3. The van der Waals surface area contributed by atoms with E-state index in [1.165, 1.54) is 0 Å². The minimum atomic E-state index is -0.167. The first-order valence-corrected chi connectivity index (χ1v) is 6.74. The van der Waals surface area contributed by atoms with E-state index in [2.05, 4.69) is 40.1 Å². The molecule has 0 bridgehead atoms. The molecule has 1 aromatic rings. The Bertz CT molecular complexity index is 390. The fourth-order valence-corrected chi connectivity index (χ4v) is 1.80. The average molecular weight is 315 g/mol. The highest BCUT2D eigenvalue weighted by Crippen LogP contribution is 2.20.